The van der Waals surface area contributed by atoms with Gasteiger partial charge >= 0.3 is 5.97 Å². The highest BCUT2D eigenvalue weighted by molar-refractivity contribution is 9.10. The number of benzene rings is 1. The summed E-state index contributed by atoms with van der Waals surface area (Å²) in [6.45, 7) is 1.32. The molecule has 5 heteroatoms. The van der Waals surface area contributed by atoms with Crippen molar-refractivity contribution in [1.82, 2.24) is 0 Å². The molecule has 0 aliphatic heterocycles. The van der Waals surface area contributed by atoms with Crippen LogP contribution in [0, 0.1) is 0 Å². The van der Waals surface area contributed by atoms with E-state index in [1.54, 1.807) is 12.1 Å². The molecule has 0 bridgehead atoms. The van der Waals surface area contributed by atoms with E-state index in [0.717, 1.165) is 24.8 Å². The molecule has 102 valence electrons. The number of hydrogen-bond acceptors (Lipinski definition) is 4. The lowest BCUT2D eigenvalue weighted by Crippen LogP contribution is -2.14. The molecule has 4 nitrogen and oxygen atoms in total. The Morgan fingerprint density at radius 2 is 2.11 bits per heavy atom. The van der Waals surface area contributed by atoms with E-state index in [9.17, 15) is 9.59 Å². The Morgan fingerprint density at radius 3 is 2.74 bits per heavy atom. The number of halogens is 1. The molecule has 0 heterocycles. The summed E-state index contributed by atoms with van der Waals surface area (Å²) in [6.07, 6.45) is 2.56. The summed E-state index contributed by atoms with van der Waals surface area (Å²) >= 11 is 3.40. The first-order valence-corrected chi connectivity index (χ1v) is 7.02. The smallest absolute Gasteiger partial charge is 0.308 e. The Bertz CT molecular complexity index is 524. The molecule has 0 aromatic heterocycles. The highest BCUT2D eigenvalue weighted by atomic mass is 79.9. The molecule has 0 saturated carbocycles. The van der Waals surface area contributed by atoms with Crippen LogP contribution in [0.25, 0.3) is 0 Å². The molecular weight excluding hydrogens is 312 g/mol. The van der Waals surface area contributed by atoms with Crippen molar-refractivity contribution in [3.05, 3.63) is 23.3 Å². The maximum Gasteiger partial charge on any atom is 0.308 e. The van der Waals surface area contributed by atoms with E-state index in [0.29, 0.717) is 17.1 Å². The molecule has 0 saturated heterocycles. The summed E-state index contributed by atoms with van der Waals surface area (Å²) < 4.78 is 10.3. The number of carbonyl (C=O) groups excluding carboxylic acids is 2. The zero-order valence-electron chi connectivity index (χ0n) is 10.9. The number of alkyl halides is 1. The number of ether oxygens (including phenoxy) is 2. The van der Waals surface area contributed by atoms with Gasteiger partial charge in [-0.15, -0.1) is 0 Å². The molecule has 1 aromatic carbocycles. The van der Waals surface area contributed by atoms with Crippen LogP contribution in [-0.4, -0.2) is 23.7 Å². The lowest BCUT2D eigenvalue weighted by atomic mass is 10.0. The van der Waals surface area contributed by atoms with E-state index in [4.69, 9.17) is 9.47 Å². The van der Waals surface area contributed by atoms with E-state index >= 15 is 0 Å². The van der Waals surface area contributed by atoms with Crippen molar-refractivity contribution in [2.75, 3.05) is 7.11 Å². The molecule has 0 N–H and O–H groups in total. The minimum Gasteiger partial charge on any atom is -0.493 e. The van der Waals surface area contributed by atoms with Gasteiger partial charge in [-0.05, 0) is 37.0 Å². The van der Waals surface area contributed by atoms with Crippen LogP contribution in [0.1, 0.15) is 35.7 Å². The average molecular weight is 327 g/mol. The maximum absolute atomic E-state index is 12.2. The van der Waals surface area contributed by atoms with Crippen molar-refractivity contribution in [3.8, 4) is 11.5 Å². The Labute approximate surface area is 120 Å². The van der Waals surface area contributed by atoms with Crippen molar-refractivity contribution >= 4 is 27.7 Å². The van der Waals surface area contributed by atoms with Crippen LogP contribution >= 0.6 is 15.9 Å². The van der Waals surface area contributed by atoms with Crippen molar-refractivity contribution in [2.45, 2.75) is 31.0 Å². The third-order valence-corrected chi connectivity index (χ3v) is 3.97. The van der Waals surface area contributed by atoms with Gasteiger partial charge in [0.1, 0.15) is 0 Å². The number of hydrogen-bond donors (Lipinski definition) is 0. The van der Waals surface area contributed by atoms with E-state index in [1.807, 2.05) is 0 Å². The van der Waals surface area contributed by atoms with Gasteiger partial charge in [-0.1, -0.05) is 15.9 Å². The van der Waals surface area contributed by atoms with Gasteiger partial charge in [-0.3, -0.25) is 9.59 Å². The standard InChI is InChI=1S/C14H15BrO4/c1-8(16)19-13-7-10-9(6-12(13)18-2)4-3-5-11(15)14(10)17/h6-7,11H,3-5H2,1-2H3/t11-/m1/s1. The molecule has 1 aliphatic rings. The first kappa shape index (κ1) is 14.1. The normalized spacial score (nSPS) is 18.5. The lowest BCUT2D eigenvalue weighted by molar-refractivity contribution is -0.132. The molecule has 1 atom stereocenters. The number of Topliss-reactive ketones (excluding diaryl/α,β-unsaturated/α-hetero) is 1. The summed E-state index contributed by atoms with van der Waals surface area (Å²) in [5, 5.41) is 0. The van der Waals surface area contributed by atoms with Crippen LogP contribution in [0.4, 0.5) is 0 Å². The monoisotopic (exact) mass is 326 g/mol. The van der Waals surface area contributed by atoms with Gasteiger partial charge in [0.15, 0.2) is 17.3 Å². The molecule has 1 aromatic rings. The van der Waals surface area contributed by atoms with E-state index in [2.05, 4.69) is 15.9 Å². The van der Waals surface area contributed by atoms with Crippen LogP contribution in [0.15, 0.2) is 12.1 Å². The van der Waals surface area contributed by atoms with Gasteiger partial charge in [-0.2, -0.15) is 0 Å². The molecular formula is C14H15BrO4. The third kappa shape index (κ3) is 2.97. The van der Waals surface area contributed by atoms with Crippen LogP contribution in [0.5, 0.6) is 11.5 Å². The van der Waals surface area contributed by atoms with Crippen LogP contribution in [-0.2, 0) is 11.2 Å². The number of methoxy groups -OCH3 is 1. The van der Waals surface area contributed by atoms with Crippen LogP contribution < -0.4 is 9.47 Å². The van der Waals surface area contributed by atoms with Gasteiger partial charge in [0, 0.05) is 12.5 Å². The highest BCUT2D eigenvalue weighted by Gasteiger charge is 2.25. The lowest BCUT2D eigenvalue weighted by Gasteiger charge is -2.13. The van der Waals surface area contributed by atoms with Crippen molar-refractivity contribution in [1.29, 1.82) is 0 Å². The van der Waals surface area contributed by atoms with Gasteiger partial charge in [0.05, 0.1) is 11.9 Å². The van der Waals surface area contributed by atoms with E-state index in [1.165, 1.54) is 14.0 Å². The van der Waals surface area contributed by atoms with E-state index in [-0.39, 0.29) is 10.6 Å². The second-order valence-corrected chi connectivity index (χ2v) is 5.58. The highest BCUT2D eigenvalue weighted by Crippen LogP contribution is 2.35. The number of esters is 1. The second-order valence-electron chi connectivity index (χ2n) is 4.48. The molecule has 1 aliphatic carbocycles. The third-order valence-electron chi connectivity index (χ3n) is 3.10. The number of carbonyl (C=O) groups is 2. The van der Waals surface area contributed by atoms with Gasteiger partial charge < -0.3 is 9.47 Å². The predicted octanol–water partition coefficient (Wildman–Crippen LogP) is 2.90. The molecule has 2 rings (SSSR count). The largest absolute Gasteiger partial charge is 0.493 e. The summed E-state index contributed by atoms with van der Waals surface area (Å²) in [6, 6.07) is 3.40. The Hall–Kier alpha value is -1.36. The van der Waals surface area contributed by atoms with Gasteiger partial charge in [0.2, 0.25) is 0 Å². The summed E-state index contributed by atoms with van der Waals surface area (Å²) in [4.78, 5) is 23.2. The van der Waals surface area contributed by atoms with Crippen LogP contribution in [0.2, 0.25) is 0 Å². The first-order chi connectivity index (χ1) is 9.02. The summed E-state index contributed by atoms with van der Waals surface area (Å²) in [7, 11) is 1.51. The molecule has 0 amide bonds. The molecule has 19 heavy (non-hydrogen) atoms. The Morgan fingerprint density at radius 1 is 1.37 bits per heavy atom. The topological polar surface area (TPSA) is 52.6 Å². The quantitative estimate of drug-likeness (QED) is 0.363. The fourth-order valence-electron chi connectivity index (χ4n) is 2.20. The van der Waals surface area contributed by atoms with E-state index < -0.39 is 5.97 Å². The predicted molar refractivity (Wildman–Crippen MR) is 74.3 cm³/mol. The van der Waals surface area contributed by atoms with Crippen molar-refractivity contribution < 1.29 is 19.1 Å². The van der Waals surface area contributed by atoms with Crippen molar-refractivity contribution in [2.24, 2.45) is 0 Å². The molecule has 0 fully saturated rings. The zero-order chi connectivity index (χ0) is 14.0. The first-order valence-electron chi connectivity index (χ1n) is 6.10. The molecule has 0 radical (unpaired) electrons. The van der Waals surface area contributed by atoms with Gasteiger partial charge in [-0.25, -0.2) is 0 Å². The minimum atomic E-state index is -0.435. The SMILES string of the molecule is COc1cc2c(cc1OC(C)=O)C(=O)[C@H](Br)CCC2. The van der Waals surface area contributed by atoms with Crippen molar-refractivity contribution in [3.63, 3.8) is 0 Å². The number of ketones is 1. The number of fused-ring (bicyclic) bond motifs is 1. The number of aryl methyl sites for hydroxylation is 1. The Balaban J connectivity index is 2.51. The second kappa shape index (κ2) is 5.74. The fraction of sp³-hybridized carbons (Fsp3) is 0.429. The summed E-state index contributed by atoms with van der Waals surface area (Å²) in [5.74, 6) is 0.372. The number of rotatable bonds is 2. The molecule has 0 spiro atoms. The zero-order valence-corrected chi connectivity index (χ0v) is 12.5. The summed E-state index contributed by atoms with van der Waals surface area (Å²) in [5.41, 5.74) is 1.55. The molecule has 0 unspecified atom stereocenters. The minimum absolute atomic E-state index is 0.0311. The Kier molecular flexibility index (Phi) is 4.24. The van der Waals surface area contributed by atoms with Gasteiger partial charge in [0.25, 0.3) is 0 Å². The van der Waals surface area contributed by atoms with Crippen LogP contribution in [0.3, 0.4) is 0 Å². The fourth-order valence-corrected chi connectivity index (χ4v) is 2.77. The average Bonchev–Trinajstić information content (AvgIpc) is 2.49. The maximum atomic E-state index is 12.2.